The second-order valence-electron chi connectivity index (χ2n) is 1.66. The number of aromatic nitrogens is 2. The number of nitrogens with zero attached hydrogens (tertiary/aromatic N) is 3. The van der Waals surface area contributed by atoms with E-state index in [1.54, 1.807) is 6.20 Å². The molecule has 4 nitrogen and oxygen atoms in total. The van der Waals surface area contributed by atoms with E-state index in [-0.39, 0.29) is 5.17 Å². The predicted octanol–water partition coefficient (Wildman–Crippen LogP) is 1.02. The van der Waals surface area contributed by atoms with Crippen molar-refractivity contribution in [3.8, 4) is 0 Å². The Kier molecular flexibility index (Phi) is 2.80. The first kappa shape index (κ1) is 7.94. The summed E-state index contributed by atoms with van der Waals surface area (Å²) < 4.78 is 0. The molecular weight excluding hydrogens is 166 g/mol. The van der Waals surface area contributed by atoms with E-state index in [2.05, 4.69) is 20.0 Å². The molecule has 0 spiro atoms. The van der Waals surface area contributed by atoms with E-state index in [1.165, 1.54) is 19.5 Å². The van der Waals surface area contributed by atoms with Crippen LogP contribution in [0.2, 0.25) is 0 Å². The fraction of sp³-hybridized carbons (Fsp3) is 0.167. The Balaban J connectivity index is 2.85. The Morgan fingerprint density at radius 2 is 2.45 bits per heavy atom. The highest BCUT2D eigenvalue weighted by atomic mass is 35.5. The van der Waals surface area contributed by atoms with E-state index < -0.39 is 0 Å². The van der Waals surface area contributed by atoms with Crippen molar-refractivity contribution < 1.29 is 4.84 Å². The molecule has 0 radical (unpaired) electrons. The van der Waals surface area contributed by atoms with Crippen molar-refractivity contribution in [2.45, 2.75) is 0 Å². The zero-order valence-electron chi connectivity index (χ0n) is 5.86. The van der Waals surface area contributed by atoms with Crippen molar-refractivity contribution >= 4 is 16.8 Å². The Morgan fingerprint density at radius 1 is 1.64 bits per heavy atom. The van der Waals surface area contributed by atoms with Crippen molar-refractivity contribution in [3.63, 3.8) is 0 Å². The third-order valence-corrected chi connectivity index (χ3v) is 1.21. The molecule has 0 aliphatic rings. The van der Waals surface area contributed by atoms with Gasteiger partial charge in [0, 0.05) is 12.4 Å². The first-order valence-electron chi connectivity index (χ1n) is 2.87. The SMILES string of the molecule is CO/N=C(\Cl)c1cnccn1. The van der Waals surface area contributed by atoms with Gasteiger partial charge < -0.3 is 4.84 Å². The Bertz CT molecular complexity index is 249. The zero-order chi connectivity index (χ0) is 8.10. The maximum atomic E-state index is 5.63. The van der Waals surface area contributed by atoms with Gasteiger partial charge in [0.1, 0.15) is 12.8 Å². The van der Waals surface area contributed by atoms with Gasteiger partial charge in [-0.1, -0.05) is 16.8 Å². The Labute approximate surface area is 68.9 Å². The maximum Gasteiger partial charge on any atom is 0.195 e. The molecule has 0 amide bonds. The van der Waals surface area contributed by atoms with E-state index >= 15 is 0 Å². The van der Waals surface area contributed by atoms with Gasteiger partial charge in [0.05, 0.1) is 6.20 Å². The molecule has 0 aliphatic carbocycles. The summed E-state index contributed by atoms with van der Waals surface area (Å²) in [5, 5.41) is 3.67. The van der Waals surface area contributed by atoms with E-state index in [4.69, 9.17) is 11.6 Å². The van der Waals surface area contributed by atoms with Crippen LogP contribution in [0.4, 0.5) is 0 Å². The van der Waals surface area contributed by atoms with Crippen LogP contribution in [0.1, 0.15) is 5.69 Å². The molecule has 0 bridgehead atoms. The van der Waals surface area contributed by atoms with Crippen LogP contribution in [0, 0.1) is 0 Å². The van der Waals surface area contributed by atoms with Gasteiger partial charge in [-0.2, -0.15) is 0 Å². The quantitative estimate of drug-likeness (QED) is 0.493. The van der Waals surface area contributed by atoms with Crippen molar-refractivity contribution in [2.24, 2.45) is 5.16 Å². The van der Waals surface area contributed by atoms with Gasteiger partial charge in [0.25, 0.3) is 0 Å². The summed E-state index contributed by atoms with van der Waals surface area (Å²) in [5.74, 6) is 0. The fourth-order valence-electron chi connectivity index (χ4n) is 0.533. The van der Waals surface area contributed by atoms with Gasteiger partial charge in [-0.15, -0.1) is 0 Å². The first-order valence-corrected chi connectivity index (χ1v) is 3.25. The highest BCUT2D eigenvalue weighted by Crippen LogP contribution is 1.98. The molecule has 5 heteroatoms. The van der Waals surface area contributed by atoms with E-state index in [0.29, 0.717) is 5.69 Å². The van der Waals surface area contributed by atoms with Gasteiger partial charge in [-0.25, -0.2) is 0 Å². The van der Waals surface area contributed by atoms with Gasteiger partial charge in [-0.05, 0) is 0 Å². The summed E-state index contributed by atoms with van der Waals surface area (Å²) >= 11 is 5.63. The van der Waals surface area contributed by atoms with Crippen molar-refractivity contribution in [2.75, 3.05) is 7.11 Å². The molecule has 58 valence electrons. The lowest BCUT2D eigenvalue weighted by atomic mass is 10.5. The molecule has 0 N–H and O–H groups in total. The minimum atomic E-state index is 0.195. The standard InChI is InChI=1S/C6H6ClN3O/c1-11-10-6(7)5-4-8-2-3-9-5/h2-4H,1H3/b10-6-. The number of hydrogen-bond acceptors (Lipinski definition) is 4. The minimum absolute atomic E-state index is 0.195. The molecule has 1 heterocycles. The monoisotopic (exact) mass is 171 g/mol. The molecule has 0 aliphatic heterocycles. The molecule has 0 saturated heterocycles. The van der Waals surface area contributed by atoms with Crippen LogP contribution in [0.5, 0.6) is 0 Å². The average molecular weight is 172 g/mol. The highest BCUT2D eigenvalue weighted by molar-refractivity contribution is 6.69. The first-order chi connectivity index (χ1) is 5.34. The average Bonchev–Trinajstić information content (AvgIpc) is 2.07. The van der Waals surface area contributed by atoms with E-state index in [1.807, 2.05) is 0 Å². The Hall–Kier alpha value is -1.16. The number of rotatable bonds is 2. The third kappa shape index (κ3) is 2.16. The minimum Gasteiger partial charge on any atom is -0.398 e. The van der Waals surface area contributed by atoms with E-state index in [0.717, 1.165) is 0 Å². The van der Waals surface area contributed by atoms with Crippen molar-refractivity contribution in [3.05, 3.63) is 24.3 Å². The third-order valence-electron chi connectivity index (χ3n) is 0.946. The molecule has 1 aromatic heterocycles. The van der Waals surface area contributed by atoms with Crippen LogP contribution in [-0.4, -0.2) is 22.2 Å². The predicted molar refractivity (Wildman–Crippen MR) is 41.4 cm³/mol. The molecule has 11 heavy (non-hydrogen) atoms. The van der Waals surface area contributed by atoms with Gasteiger partial charge in [0.2, 0.25) is 0 Å². The molecule has 0 fully saturated rings. The zero-order valence-corrected chi connectivity index (χ0v) is 6.62. The van der Waals surface area contributed by atoms with Crippen LogP contribution < -0.4 is 0 Å². The highest BCUT2D eigenvalue weighted by Gasteiger charge is 1.99. The van der Waals surface area contributed by atoms with E-state index in [9.17, 15) is 0 Å². The molecule has 1 aromatic rings. The van der Waals surface area contributed by atoms with Crippen molar-refractivity contribution in [1.82, 2.24) is 9.97 Å². The molecular formula is C6H6ClN3O. The summed E-state index contributed by atoms with van der Waals surface area (Å²) in [6, 6.07) is 0. The normalized spacial score (nSPS) is 11.3. The summed E-state index contributed by atoms with van der Waals surface area (Å²) in [6.07, 6.45) is 4.59. The fourth-order valence-corrected chi connectivity index (χ4v) is 0.699. The summed E-state index contributed by atoms with van der Waals surface area (Å²) in [5.41, 5.74) is 0.496. The second kappa shape index (κ2) is 3.88. The van der Waals surface area contributed by atoms with Crippen LogP contribution >= 0.6 is 11.6 Å². The van der Waals surface area contributed by atoms with Crippen LogP contribution in [-0.2, 0) is 4.84 Å². The Morgan fingerprint density at radius 3 is 3.00 bits per heavy atom. The molecule has 0 unspecified atom stereocenters. The summed E-state index contributed by atoms with van der Waals surface area (Å²) in [4.78, 5) is 12.1. The maximum absolute atomic E-state index is 5.63. The lowest BCUT2D eigenvalue weighted by Crippen LogP contribution is -1.95. The lowest BCUT2D eigenvalue weighted by Gasteiger charge is -1.93. The summed E-state index contributed by atoms with van der Waals surface area (Å²) in [7, 11) is 1.42. The number of halogens is 1. The van der Waals surface area contributed by atoms with Crippen molar-refractivity contribution in [1.29, 1.82) is 0 Å². The largest absolute Gasteiger partial charge is 0.398 e. The molecule has 0 saturated carbocycles. The van der Waals surface area contributed by atoms with Crippen LogP contribution in [0.15, 0.2) is 23.7 Å². The molecule has 0 aromatic carbocycles. The van der Waals surface area contributed by atoms with Gasteiger partial charge in [0.15, 0.2) is 5.17 Å². The van der Waals surface area contributed by atoms with Crippen LogP contribution in [0.25, 0.3) is 0 Å². The smallest absolute Gasteiger partial charge is 0.195 e. The topological polar surface area (TPSA) is 47.4 Å². The second-order valence-corrected chi connectivity index (χ2v) is 2.01. The molecule has 0 atom stereocenters. The molecule has 1 rings (SSSR count). The summed E-state index contributed by atoms with van der Waals surface area (Å²) in [6.45, 7) is 0. The number of hydrogen-bond donors (Lipinski definition) is 0. The van der Waals surface area contributed by atoms with Gasteiger partial charge >= 0.3 is 0 Å². The van der Waals surface area contributed by atoms with Crippen LogP contribution in [0.3, 0.4) is 0 Å². The number of oxime groups is 1. The van der Waals surface area contributed by atoms with Gasteiger partial charge in [-0.3, -0.25) is 9.97 Å². The lowest BCUT2D eigenvalue weighted by molar-refractivity contribution is 0.214.